The zero-order valence-electron chi connectivity index (χ0n) is 17.7. The number of carbonyl (C=O) groups excluding carboxylic acids is 2. The normalized spacial score (nSPS) is 19.4. The Kier molecular flexibility index (Phi) is 7.89. The minimum atomic E-state index is -0.313. The van der Waals surface area contributed by atoms with Crippen LogP contribution in [0.25, 0.3) is 0 Å². The van der Waals surface area contributed by atoms with Crippen molar-refractivity contribution in [1.82, 2.24) is 15.5 Å². The predicted octanol–water partition coefficient (Wildman–Crippen LogP) is 1.34. The third-order valence-corrected chi connectivity index (χ3v) is 5.11. The van der Waals surface area contributed by atoms with Crippen molar-refractivity contribution in [1.29, 1.82) is 0 Å². The van der Waals surface area contributed by atoms with E-state index in [2.05, 4.69) is 15.6 Å². The molecule has 9 heteroatoms. The van der Waals surface area contributed by atoms with Crippen molar-refractivity contribution in [3.05, 3.63) is 29.8 Å². The molecule has 3 rings (SSSR count). The number of cyclic esters (lactones) is 1. The quantitative estimate of drug-likeness (QED) is 0.513. The minimum absolute atomic E-state index is 0.0275. The third-order valence-electron chi connectivity index (χ3n) is 5.11. The van der Waals surface area contributed by atoms with Gasteiger partial charge in [-0.3, -0.25) is 9.69 Å². The predicted molar refractivity (Wildman–Crippen MR) is 115 cm³/mol. The Labute approximate surface area is 177 Å². The van der Waals surface area contributed by atoms with E-state index < -0.39 is 0 Å². The number of benzene rings is 1. The average molecular weight is 418 g/mol. The molecular weight excluding hydrogens is 386 g/mol. The molecule has 2 saturated heterocycles. The van der Waals surface area contributed by atoms with Crippen LogP contribution in [0.2, 0.25) is 0 Å². The van der Waals surface area contributed by atoms with Gasteiger partial charge in [0.15, 0.2) is 5.96 Å². The number of likely N-dealkylation sites (N-methyl/N-ethyl adjacent to an activating group) is 1. The lowest BCUT2D eigenvalue weighted by atomic mass is 10.1. The van der Waals surface area contributed by atoms with E-state index >= 15 is 0 Å². The van der Waals surface area contributed by atoms with E-state index in [0.29, 0.717) is 32.2 Å². The summed E-state index contributed by atoms with van der Waals surface area (Å²) >= 11 is 0. The van der Waals surface area contributed by atoms with Gasteiger partial charge >= 0.3 is 6.09 Å². The molecular formula is C21H31N5O4. The van der Waals surface area contributed by atoms with Gasteiger partial charge in [-0.1, -0.05) is 12.1 Å². The number of amides is 2. The van der Waals surface area contributed by atoms with Crippen LogP contribution in [0, 0.1) is 0 Å². The third kappa shape index (κ3) is 6.35. The molecule has 2 fully saturated rings. The van der Waals surface area contributed by atoms with Gasteiger partial charge in [-0.15, -0.1) is 0 Å². The number of ether oxygens (including phenoxy) is 2. The van der Waals surface area contributed by atoms with Gasteiger partial charge in [-0.2, -0.15) is 0 Å². The van der Waals surface area contributed by atoms with E-state index in [0.717, 1.165) is 30.7 Å². The lowest BCUT2D eigenvalue weighted by molar-refractivity contribution is -0.127. The fourth-order valence-electron chi connectivity index (χ4n) is 3.25. The molecule has 30 heavy (non-hydrogen) atoms. The molecule has 0 aromatic heterocycles. The summed E-state index contributed by atoms with van der Waals surface area (Å²) in [6.07, 6.45) is 3.15. The van der Waals surface area contributed by atoms with Crippen LogP contribution < -0.4 is 15.5 Å². The fourth-order valence-corrected chi connectivity index (χ4v) is 3.25. The summed E-state index contributed by atoms with van der Waals surface area (Å²) in [5.41, 5.74) is 1.81. The van der Waals surface area contributed by atoms with Crippen LogP contribution in [0.4, 0.5) is 10.5 Å². The first-order valence-electron chi connectivity index (χ1n) is 10.4. The van der Waals surface area contributed by atoms with Crippen molar-refractivity contribution in [2.24, 2.45) is 4.99 Å². The van der Waals surface area contributed by atoms with Crippen LogP contribution >= 0.6 is 0 Å². The molecule has 1 atom stereocenters. The Bertz CT molecular complexity index is 744. The molecule has 9 nitrogen and oxygen atoms in total. The second-order valence-corrected chi connectivity index (χ2v) is 7.61. The molecule has 2 heterocycles. The van der Waals surface area contributed by atoms with Gasteiger partial charge < -0.3 is 25.0 Å². The topological polar surface area (TPSA) is 95.5 Å². The highest BCUT2D eigenvalue weighted by Gasteiger charge is 2.23. The molecule has 0 saturated carbocycles. The molecule has 0 radical (unpaired) electrons. The first-order chi connectivity index (χ1) is 14.5. The summed E-state index contributed by atoms with van der Waals surface area (Å²) in [5.74, 6) is 0.548. The molecule has 1 aromatic rings. The van der Waals surface area contributed by atoms with Crippen molar-refractivity contribution in [2.45, 2.75) is 31.9 Å². The Morgan fingerprint density at radius 2 is 2.00 bits per heavy atom. The van der Waals surface area contributed by atoms with Gasteiger partial charge in [0.25, 0.3) is 0 Å². The van der Waals surface area contributed by atoms with Crippen molar-refractivity contribution in [2.75, 3.05) is 51.8 Å². The van der Waals surface area contributed by atoms with Gasteiger partial charge in [-0.05, 0) is 37.0 Å². The number of nitrogens with zero attached hydrogens (tertiary/aromatic N) is 3. The molecule has 2 amide bonds. The van der Waals surface area contributed by atoms with Gasteiger partial charge in [0.1, 0.15) is 6.61 Å². The summed E-state index contributed by atoms with van der Waals surface area (Å²) in [7, 11) is 3.45. The maximum absolute atomic E-state index is 11.9. The smallest absolute Gasteiger partial charge is 0.414 e. The second-order valence-electron chi connectivity index (χ2n) is 7.61. The van der Waals surface area contributed by atoms with Gasteiger partial charge in [0.05, 0.1) is 25.7 Å². The number of carbonyl (C=O) groups is 2. The van der Waals surface area contributed by atoms with Gasteiger partial charge in [0.2, 0.25) is 5.91 Å². The van der Waals surface area contributed by atoms with Crippen LogP contribution in [-0.2, 0) is 20.8 Å². The van der Waals surface area contributed by atoms with E-state index in [-0.39, 0.29) is 24.6 Å². The Hall–Kier alpha value is -2.81. The zero-order valence-corrected chi connectivity index (χ0v) is 17.7. The van der Waals surface area contributed by atoms with E-state index in [1.165, 1.54) is 11.3 Å². The van der Waals surface area contributed by atoms with Crippen LogP contribution in [0.15, 0.2) is 29.3 Å². The molecule has 2 aliphatic heterocycles. The van der Waals surface area contributed by atoms with Crippen LogP contribution in [-0.4, -0.2) is 75.9 Å². The van der Waals surface area contributed by atoms with E-state index in [9.17, 15) is 9.59 Å². The SMILES string of the molecule is CN(C)C(=O)CNC(=NCc1ccc(N2CCOC2=O)cc1)NCC1CCCCO1. The van der Waals surface area contributed by atoms with Gasteiger partial charge in [-0.25, -0.2) is 9.79 Å². The van der Waals surface area contributed by atoms with Crippen LogP contribution in [0.5, 0.6) is 0 Å². The van der Waals surface area contributed by atoms with E-state index in [4.69, 9.17) is 9.47 Å². The number of nitrogens with one attached hydrogen (secondary N) is 2. The van der Waals surface area contributed by atoms with Crippen molar-refractivity contribution < 1.29 is 19.1 Å². The number of aliphatic imine (C=N–C) groups is 1. The largest absolute Gasteiger partial charge is 0.447 e. The molecule has 1 aromatic carbocycles. The van der Waals surface area contributed by atoms with Crippen molar-refractivity contribution in [3.63, 3.8) is 0 Å². The Balaban J connectivity index is 1.59. The summed E-state index contributed by atoms with van der Waals surface area (Å²) < 4.78 is 10.7. The highest BCUT2D eigenvalue weighted by molar-refractivity contribution is 5.89. The first kappa shape index (κ1) is 21.9. The monoisotopic (exact) mass is 417 g/mol. The van der Waals surface area contributed by atoms with E-state index in [1.54, 1.807) is 19.0 Å². The lowest BCUT2D eigenvalue weighted by Crippen LogP contribution is -2.45. The molecule has 0 bridgehead atoms. The maximum atomic E-state index is 11.9. The Morgan fingerprint density at radius 1 is 1.20 bits per heavy atom. The molecule has 0 spiro atoms. The number of guanidine groups is 1. The minimum Gasteiger partial charge on any atom is -0.447 e. The standard InChI is InChI=1S/C21H31N5O4/c1-25(2)19(27)15-24-20(23-14-18-5-3-4-11-29-18)22-13-16-6-8-17(9-7-16)26-10-12-30-21(26)28/h6-9,18H,3-5,10-15H2,1-2H3,(H2,22,23,24). The number of hydrogen-bond acceptors (Lipinski definition) is 5. The van der Waals surface area contributed by atoms with Crippen molar-refractivity contribution >= 4 is 23.6 Å². The molecule has 164 valence electrons. The Morgan fingerprint density at radius 3 is 2.63 bits per heavy atom. The summed E-state index contributed by atoms with van der Waals surface area (Å²) in [6, 6.07) is 7.67. The van der Waals surface area contributed by atoms with Crippen LogP contribution in [0.3, 0.4) is 0 Å². The van der Waals surface area contributed by atoms with Crippen LogP contribution in [0.1, 0.15) is 24.8 Å². The highest BCUT2D eigenvalue weighted by Crippen LogP contribution is 2.19. The molecule has 1 unspecified atom stereocenters. The number of anilines is 1. The summed E-state index contributed by atoms with van der Waals surface area (Å²) in [6.45, 7) is 3.04. The zero-order chi connectivity index (χ0) is 21.3. The fraction of sp³-hybridized carbons (Fsp3) is 0.571. The van der Waals surface area contributed by atoms with E-state index in [1.807, 2.05) is 24.3 Å². The van der Waals surface area contributed by atoms with Gasteiger partial charge in [0, 0.05) is 32.9 Å². The number of rotatable bonds is 7. The molecule has 2 aliphatic rings. The number of hydrogen-bond donors (Lipinski definition) is 2. The summed E-state index contributed by atoms with van der Waals surface area (Å²) in [4.78, 5) is 31.4. The average Bonchev–Trinajstić information content (AvgIpc) is 3.19. The lowest BCUT2D eigenvalue weighted by Gasteiger charge is -2.24. The molecule has 2 N–H and O–H groups in total. The van der Waals surface area contributed by atoms with Crippen molar-refractivity contribution in [3.8, 4) is 0 Å². The first-order valence-corrected chi connectivity index (χ1v) is 10.4. The highest BCUT2D eigenvalue weighted by atomic mass is 16.6. The molecule has 0 aliphatic carbocycles. The maximum Gasteiger partial charge on any atom is 0.414 e. The summed E-state index contributed by atoms with van der Waals surface area (Å²) in [5, 5.41) is 6.39. The second kappa shape index (κ2) is 10.8.